The van der Waals surface area contributed by atoms with Crippen LogP contribution in [0.4, 0.5) is 0 Å². The van der Waals surface area contributed by atoms with E-state index in [1.807, 2.05) is 14.0 Å². The first kappa shape index (κ1) is 7.21. The monoisotopic (exact) mass is 156 g/mol. The molecule has 0 spiro atoms. The van der Waals surface area contributed by atoms with E-state index in [0.717, 1.165) is 5.69 Å². The fraction of sp³-hybridized carbons (Fsp3) is 0.333. The lowest BCUT2D eigenvalue weighted by Crippen LogP contribution is -2.11. The van der Waals surface area contributed by atoms with Gasteiger partial charge >= 0.3 is 0 Å². The van der Waals surface area contributed by atoms with Gasteiger partial charge in [0.1, 0.15) is 0 Å². The van der Waals surface area contributed by atoms with Crippen LogP contribution < -0.4 is 5.56 Å². The van der Waals surface area contributed by atoms with Gasteiger partial charge in [-0.1, -0.05) is 0 Å². The molecule has 0 atom stereocenters. The van der Waals surface area contributed by atoms with Crippen molar-refractivity contribution in [3.63, 3.8) is 0 Å². The Morgan fingerprint density at radius 1 is 1.70 bits per heavy atom. The fourth-order valence-corrected chi connectivity index (χ4v) is 0.917. The summed E-state index contributed by atoms with van der Waals surface area (Å²) >= 11 is 4.84. The summed E-state index contributed by atoms with van der Waals surface area (Å²) in [6.07, 6.45) is 0. The molecule has 1 aromatic heterocycles. The number of nitrogens with zero attached hydrogens (tertiary/aromatic N) is 1. The molecule has 0 fully saturated rings. The van der Waals surface area contributed by atoms with E-state index >= 15 is 0 Å². The molecule has 1 N–H and O–H groups in total. The van der Waals surface area contributed by atoms with Crippen molar-refractivity contribution >= 4 is 12.2 Å². The van der Waals surface area contributed by atoms with Crippen molar-refractivity contribution in [3.05, 3.63) is 26.9 Å². The van der Waals surface area contributed by atoms with Crippen LogP contribution in [0.3, 0.4) is 0 Å². The average molecular weight is 156 g/mol. The van der Waals surface area contributed by atoms with Gasteiger partial charge in [0.15, 0.2) is 4.77 Å². The first-order chi connectivity index (χ1) is 4.61. The number of aryl methyl sites for hydroxylation is 1. The number of aromatic amines is 1. The Morgan fingerprint density at radius 2 is 2.30 bits per heavy atom. The van der Waals surface area contributed by atoms with Gasteiger partial charge in [0, 0.05) is 18.8 Å². The summed E-state index contributed by atoms with van der Waals surface area (Å²) < 4.78 is 2.21. The molecule has 0 aromatic carbocycles. The zero-order valence-electron chi connectivity index (χ0n) is 5.84. The largest absolute Gasteiger partial charge is 0.326 e. The third kappa shape index (κ3) is 1.16. The summed E-state index contributed by atoms with van der Waals surface area (Å²) in [6, 6.07) is 1.51. The van der Waals surface area contributed by atoms with Crippen molar-refractivity contribution in [2.24, 2.45) is 7.05 Å². The second kappa shape index (κ2) is 2.38. The molecule has 0 aliphatic heterocycles. The van der Waals surface area contributed by atoms with Gasteiger partial charge in [-0.2, -0.15) is 0 Å². The standard InChI is InChI=1S/C6H8N2OS/c1-4-3-5(9)7-6(10)8(4)2/h3H,1-2H3,(H,7,9,10). The number of nitrogens with one attached hydrogen (secondary N) is 1. The van der Waals surface area contributed by atoms with Gasteiger partial charge in [-0.15, -0.1) is 0 Å². The molecule has 0 saturated carbocycles. The molecule has 0 amide bonds. The van der Waals surface area contributed by atoms with E-state index < -0.39 is 0 Å². The zero-order valence-corrected chi connectivity index (χ0v) is 6.66. The van der Waals surface area contributed by atoms with Crippen LogP contribution in [0, 0.1) is 11.7 Å². The summed E-state index contributed by atoms with van der Waals surface area (Å²) in [7, 11) is 1.81. The van der Waals surface area contributed by atoms with Crippen LogP contribution in [0.15, 0.2) is 10.9 Å². The highest BCUT2D eigenvalue weighted by Gasteiger charge is 1.91. The molecule has 0 unspecified atom stereocenters. The highest BCUT2D eigenvalue weighted by atomic mass is 32.1. The number of hydrogen-bond donors (Lipinski definition) is 1. The predicted molar refractivity (Wildman–Crippen MR) is 41.6 cm³/mol. The Balaban J connectivity index is 3.62. The van der Waals surface area contributed by atoms with Crippen molar-refractivity contribution < 1.29 is 0 Å². The second-order valence-electron chi connectivity index (χ2n) is 2.14. The van der Waals surface area contributed by atoms with Crippen LogP contribution in [-0.2, 0) is 7.05 Å². The van der Waals surface area contributed by atoms with Crippen LogP contribution in [0.5, 0.6) is 0 Å². The Morgan fingerprint density at radius 3 is 2.80 bits per heavy atom. The lowest BCUT2D eigenvalue weighted by Gasteiger charge is -2.00. The molecule has 4 heteroatoms. The summed E-state index contributed by atoms with van der Waals surface area (Å²) in [5.41, 5.74) is 0.731. The third-order valence-corrected chi connectivity index (χ3v) is 1.78. The van der Waals surface area contributed by atoms with Gasteiger partial charge in [-0.05, 0) is 19.1 Å². The SMILES string of the molecule is Cc1cc(=O)[nH]c(=S)n1C. The Labute approximate surface area is 63.3 Å². The van der Waals surface area contributed by atoms with E-state index in [1.54, 1.807) is 4.57 Å². The molecule has 1 aromatic rings. The van der Waals surface area contributed by atoms with Gasteiger partial charge in [0.05, 0.1) is 0 Å². The molecule has 0 aliphatic rings. The third-order valence-electron chi connectivity index (χ3n) is 1.40. The molecule has 0 saturated heterocycles. The summed E-state index contributed by atoms with van der Waals surface area (Å²) in [4.78, 5) is 13.2. The van der Waals surface area contributed by atoms with Gasteiger partial charge in [-0.3, -0.25) is 9.78 Å². The highest BCUT2D eigenvalue weighted by molar-refractivity contribution is 7.71. The molecular formula is C6H8N2OS. The van der Waals surface area contributed by atoms with Crippen LogP contribution in [0.2, 0.25) is 0 Å². The van der Waals surface area contributed by atoms with Gasteiger partial charge in [0.2, 0.25) is 0 Å². The fourth-order valence-electron chi connectivity index (χ4n) is 0.672. The molecule has 3 nitrogen and oxygen atoms in total. The highest BCUT2D eigenvalue weighted by Crippen LogP contribution is 1.89. The topological polar surface area (TPSA) is 37.8 Å². The Bertz CT molecular complexity index is 350. The van der Waals surface area contributed by atoms with E-state index in [4.69, 9.17) is 12.2 Å². The van der Waals surface area contributed by atoms with Crippen molar-refractivity contribution in [3.8, 4) is 0 Å². The van der Waals surface area contributed by atoms with E-state index in [1.165, 1.54) is 6.07 Å². The van der Waals surface area contributed by atoms with Crippen molar-refractivity contribution in [1.82, 2.24) is 9.55 Å². The van der Waals surface area contributed by atoms with E-state index in [0.29, 0.717) is 4.77 Å². The molecule has 0 aliphatic carbocycles. The predicted octanol–water partition coefficient (Wildman–Crippen LogP) is 0.751. The van der Waals surface area contributed by atoms with Crippen LogP contribution >= 0.6 is 12.2 Å². The minimum Gasteiger partial charge on any atom is -0.326 e. The van der Waals surface area contributed by atoms with E-state index in [9.17, 15) is 4.79 Å². The minimum atomic E-state index is -0.138. The second-order valence-corrected chi connectivity index (χ2v) is 2.53. The van der Waals surface area contributed by atoms with Gasteiger partial charge in [0.25, 0.3) is 5.56 Å². The molecule has 0 radical (unpaired) electrons. The number of H-pyrrole nitrogens is 1. The smallest absolute Gasteiger partial charge is 0.251 e. The first-order valence-corrected chi connectivity index (χ1v) is 3.29. The Kier molecular flexibility index (Phi) is 1.72. The number of hydrogen-bond acceptors (Lipinski definition) is 2. The van der Waals surface area contributed by atoms with Crippen molar-refractivity contribution in [2.45, 2.75) is 6.92 Å². The summed E-state index contributed by atoms with van der Waals surface area (Å²) in [5.74, 6) is 0. The quantitative estimate of drug-likeness (QED) is 0.563. The van der Waals surface area contributed by atoms with Gasteiger partial charge in [-0.25, -0.2) is 0 Å². The summed E-state index contributed by atoms with van der Waals surface area (Å²) in [5, 5.41) is 0. The van der Waals surface area contributed by atoms with Crippen LogP contribution in [-0.4, -0.2) is 9.55 Å². The van der Waals surface area contributed by atoms with E-state index in [2.05, 4.69) is 4.98 Å². The summed E-state index contributed by atoms with van der Waals surface area (Å²) in [6.45, 7) is 1.84. The maximum Gasteiger partial charge on any atom is 0.251 e. The normalized spacial score (nSPS) is 9.80. The number of rotatable bonds is 0. The lowest BCUT2D eigenvalue weighted by atomic mass is 10.4. The maximum atomic E-state index is 10.7. The minimum absolute atomic E-state index is 0.138. The molecule has 1 heterocycles. The van der Waals surface area contributed by atoms with E-state index in [-0.39, 0.29) is 5.56 Å². The maximum absolute atomic E-state index is 10.7. The molecule has 1 rings (SSSR count). The van der Waals surface area contributed by atoms with Crippen LogP contribution in [0.25, 0.3) is 0 Å². The van der Waals surface area contributed by atoms with Crippen LogP contribution in [0.1, 0.15) is 5.69 Å². The van der Waals surface area contributed by atoms with Crippen molar-refractivity contribution in [2.75, 3.05) is 0 Å². The van der Waals surface area contributed by atoms with Gasteiger partial charge < -0.3 is 4.57 Å². The zero-order chi connectivity index (χ0) is 7.72. The Hall–Kier alpha value is -0.900. The lowest BCUT2D eigenvalue weighted by molar-refractivity contribution is 0.794. The first-order valence-electron chi connectivity index (χ1n) is 2.88. The molecular weight excluding hydrogens is 148 g/mol. The average Bonchev–Trinajstić information content (AvgIpc) is 1.82. The molecule has 10 heavy (non-hydrogen) atoms. The number of aromatic nitrogens is 2. The molecule has 0 bridgehead atoms. The van der Waals surface area contributed by atoms with Crippen molar-refractivity contribution in [1.29, 1.82) is 0 Å². The molecule has 54 valence electrons.